The molecule has 1 heterocycles. The number of carbonyl (C=O) groups is 1. The zero-order valence-corrected chi connectivity index (χ0v) is 15.0. The number of aromatic nitrogens is 1. The van der Waals surface area contributed by atoms with E-state index in [1.807, 2.05) is 13.8 Å². The minimum absolute atomic E-state index is 0.104. The standard InChI is InChI=1S/C21H20F2N2O2/c1-12(2)10-18(26)25-19(14-6-8-16(22)17(23)11-14)15-7-5-13-4-3-9-24-20(13)21(15)27/h3-9,11-12,19,27H,10H2,1-2H3,(H,25,26). The molecule has 140 valence electrons. The molecule has 4 nitrogen and oxygen atoms in total. The zero-order valence-electron chi connectivity index (χ0n) is 15.0. The Morgan fingerprint density at radius 1 is 1.15 bits per heavy atom. The smallest absolute Gasteiger partial charge is 0.221 e. The van der Waals surface area contributed by atoms with Crippen molar-refractivity contribution in [2.45, 2.75) is 26.3 Å². The summed E-state index contributed by atoms with van der Waals surface area (Å²) in [6, 6.07) is 9.55. The Labute approximate surface area is 155 Å². The molecule has 0 saturated carbocycles. The molecule has 1 amide bonds. The van der Waals surface area contributed by atoms with Gasteiger partial charge in [-0.3, -0.25) is 9.78 Å². The number of rotatable bonds is 5. The molecule has 27 heavy (non-hydrogen) atoms. The minimum Gasteiger partial charge on any atom is -0.505 e. The van der Waals surface area contributed by atoms with E-state index in [2.05, 4.69) is 10.3 Å². The van der Waals surface area contributed by atoms with Gasteiger partial charge in [0.05, 0.1) is 6.04 Å². The number of phenolic OH excluding ortho intramolecular Hbond substituents is 1. The van der Waals surface area contributed by atoms with E-state index in [0.29, 0.717) is 16.6 Å². The van der Waals surface area contributed by atoms with Crippen LogP contribution < -0.4 is 5.32 Å². The number of pyridine rings is 1. The van der Waals surface area contributed by atoms with E-state index in [1.165, 1.54) is 6.07 Å². The van der Waals surface area contributed by atoms with Gasteiger partial charge in [-0.25, -0.2) is 8.78 Å². The van der Waals surface area contributed by atoms with Crippen molar-refractivity contribution in [2.24, 2.45) is 5.92 Å². The first-order valence-electron chi connectivity index (χ1n) is 8.67. The maximum atomic E-state index is 13.8. The third kappa shape index (κ3) is 4.05. The highest BCUT2D eigenvalue weighted by Crippen LogP contribution is 2.35. The number of amides is 1. The fraction of sp³-hybridized carbons (Fsp3) is 0.238. The SMILES string of the molecule is CC(C)CC(=O)NC(c1ccc(F)c(F)c1)c1ccc2cccnc2c1O. The van der Waals surface area contributed by atoms with E-state index in [4.69, 9.17) is 0 Å². The number of fused-ring (bicyclic) bond motifs is 1. The Morgan fingerprint density at radius 2 is 1.93 bits per heavy atom. The Morgan fingerprint density at radius 3 is 2.63 bits per heavy atom. The first kappa shape index (κ1) is 18.8. The van der Waals surface area contributed by atoms with Crippen LogP contribution in [0.4, 0.5) is 8.78 Å². The average Bonchev–Trinajstić information content (AvgIpc) is 2.62. The van der Waals surface area contributed by atoms with Crippen molar-refractivity contribution in [2.75, 3.05) is 0 Å². The average molecular weight is 370 g/mol. The molecule has 0 saturated heterocycles. The third-order valence-electron chi connectivity index (χ3n) is 4.27. The summed E-state index contributed by atoms with van der Waals surface area (Å²) in [5, 5.41) is 14.3. The lowest BCUT2D eigenvalue weighted by Gasteiger charge is -2.22. The molecule has 3 aromatic rings. The van der Waals surface area contributed by atoms with E-state index in [1.54, 1.807) is 30.5 Å². The van der Waals surface area contributed by atoms with Gasteiger partial charge in [0.2, 0.25) is 5.91 Å². The van der Waals surface area contributed by atoms with E-state index >= 15 is 0 Å². The number of carbonyl (C=O) groups excluding carboxylic acids is 1. The van der Waals surface area contributed by atoms with Crippen molar-refractivity contribution in [3.8, 4) is 5.75 Å². The van der Waals surface area contributed by atoms with Gasteiger partial charge in [0.1, 0.15) is 11.3 Å². The Bertz CT molecular complexity index is 989. The van der Waals surface area contributed by atoms with Crippen LogP contribution in [0.1, 0.15) is 37.4 Å². The van der Waals surface area contributed by atoms with Crippen LogP contribution in [0.15, 0.2) is 48.7 Å². The van der Waals surface area contributed by atoms with Crippen LogP contribution in [-0.4, -0.2) is 16.0 Å². The van der Waals surface area contributed by atoms with Crippen LogP contribution in [0, 0.1) is 17.6 Å². The van der Waals surface area contributed by atoms with Gasteiger partial charge >= 0.3 is 0 Å². The summed E-state index contributed by atoms with van der Waals surface area (Å²) in [6.07, 6.45) is 1.82. The molecular formula is C21H20F2N2O2. The number of phenols is 1. The van der Waals surface area contributed by atoms with Gasteiger partial charge in [0.15, 0.2) is 11.6 Å². The number of aromatic hydroxyl groups is 1. The number of halogens is 2. The summed E-state index contributed by atoms with van der Waals surface area (Å²) in [5.74, 6) is -2.22. The van der Waals surface area contributed by atoms with E-state index < -0.39 is 17.7 Å². The largest absolute Gasteiger partial charge is 0.505 e. The molecule has 0 aliphatic carbocycles. The highest BCUT2D eigenvalue weighted by atomic mass is 19.2. The number of nitrogens with zero attached hydrogens (tertiary/aromatic N) is 1. The quantitative estimate of drug-likeness (QED) is 0.697. The molecule has 0 aliphatic rings. The summed E-state index contributed by atoms with van der Waals surface area (Å²) in [5.41, 5.74) is 1.07. The fourth-order valence-corrected chi connectivity index (χ4v) is 3.00. The Hall–Kier alpha value is -3.02. The molecule has 3 rings (SSSR count). The van der Waals surface area contributed by atoms with Crippen molar-refractivity contribution < 1.29 is 18.7 Å². The molecule has 0 fully saturated rings. The van der Waals surface area contributed by atoms with Crippen LogP contribution in [-0.2, 0) is 4.79 Å². The van der Waals surface area contributed by atoms with Crippen LogP contribution in [0.25, 0.3) is 10.9 Å². The minimum atomic E-state index is -1.02. The van der Waals surface area contributed by atoms with Crippen LogP contribution >= 0.6 is 0 Å². The summed E-state index contributed by atoms with van der Waals surface area (Å²) >= 11 is 0. The molecule has 6 heteroatoms. The van der Waals surface area contributed by atoms with Gasteiger partial charge in [-0.1, -0.05) is 38.1 Å². The second kappa shape index (κ2) is 7.70. The monoisotopic (exact) mass is 370 g/mol. The maximum absolute atomic E-state index is 13.8. The lowest BCUT2D eigenvalue weighted by molar-refractivity contribution is -0.122. The molecule has 2 N–H and O–H groups in total. The van der Waals surface area contributed by atoms with Gasteiger partial charge in [-0.15, -0.1) is 0 Å². The molecule has 1 unspecified atom stereocenters. The van der Waals surface area contributed by atoms with Gasteiger partial charge in [0.25, 0.3) is 0 Å². The maximum Gasteiger partial charge on any atom is 0.221 e. The fourth-order valence-electron chi connectivity index (χ4n) is 3.00. The summed E-state index contributed by atoms with van der Waals surface area (Å²) < 4.78 is 27.2. The lowest BCUT2D eigenvalue weighted by atomic mass is 9.95. The second-order valence-corrected chi connectivity index (χ2v) is 6.85. The molecule has 2 aromatic carbocycles. The number of benzene rings is 2. The highest BCUT2D eigenvalue weighted by molar-refractivity contribution is 5.86. The first-order chi connectivity index (χ1) is 12.9. The van der Waals surface area contributed by atoms with Gasteiger partial charge in [0, 0.05) is 23.6 Å². The highest BCUT2D eigenvalue weighted by Gasteiger charge is 2.23. The third-order valence-corrected chi connectivity index (χ3v) is 4.27. The van der Waals surface area contributed by atoms with Crippen molar-refractivity contribution >= 4 is 16.8 Å². The van der Waals surface area contributed by atoms with Crippen molar-refractivity contribution in [1.29, 1.82) is 0 Å². The molecule has 0 bridgehead atoms. The molecule has 0 radical (unpaired) electrons. The predicted molar refractivity (Wildman–Crippen MR) is 99.2 cm³/mol. The first-order valence-corrected chi connectivity index (χ1v) is 8.67. The second-order valence-electron chi connectivity index (χ2n) is 6.85. The lowest BCUT2D eigenvalue weighted by Crippen LogP contribution is -2.30. The summed E-state index contributed by atoms with van der Waals surface area (Å²) in [6.45, 7) is 3.81. The van der Waals surface area contributed by atoms with Gasteiger partial charge < -0.3 is 10.4 Å². The topological polar surface area (TPSA) is 62.2 Å². The predicted octanol–water partition coefficient (Wildman–Crippen LogP) is 4.47. The van der Waals surface area contributed by atoms with Gasteiger partial charge in [-0.05, 0) is 29.7 Å². The molecular weight excluding hydrogens is 350 g/mol. The van der Waals surface area contributed by atoms with Crippen molar-refractivity contribution in [1.82, 2.24) is 10.3 Å². The molecule has 1 atom stereocenters. The zero-order chi connectivity index (χ0) is 19.6. The number of hydrogen-bond acceptors (Lipinski definition) is 3. The Kier molecular flexibility index (Phi) is 5.35. The molecule has 0 spiro atoms. The molecule has 1 aromatic heterocycles. The van der Waals surface area contributed by atoms with Crippen molar-refractivity contribution in [3.05, 3.63) is 71.4 Å². The number of hydrogen-bond donors (Lipinski definition) is 2. The van der Waals surface area contributed by atoms with Gasteiger partial charge in [-0.2, -0.15) is 0 Å². The Balaban J connectivity index is 2.10. The van der Waals surface area contributed by atoms with E-state index in [9.17, 15) is 18.7 Å². The van der Waals surface area contributed by atoms with Crippen LogP contribution in [0.2, 0.25) is 0 Å². The van der Waals surface area contributed by atoms with E-state index in [0.717, 1.165) is 17.5 Å². The normalized spacial score (nSPS) is 12.3. The number of nitrogens with one attached hydrogen (secondary N) is 1. The van der Waals surface area contributed by atoms with Crippen LogP contribution in [0.5, 0.6) is 5.75 Å². The molecule has 0 aliphatic heterocycles. The van der Waals surface area contributed by atoms with Crippen molar-refractivity contribution in [3.63, 3.8) is 0 Å². The van der Waals surface area contributed by atoms with Crippen LogP contribution in [0.3, 0.4) is 0 Å². The summed E-state index contributed by atoms with van der Waals surface area (Å²) in [4.78, 5) is 16.5. The van der Waals surface area contributed by atoms with E-state index in [-0.39, 0.29) is 24.0 Å². The summed E-state index contributed by atoms with van der Waals surface area (Å²) in [7, 11) is 0.